The molecular formula is C19H21F4N5O2. The van der Waals surface area contributed by atoms with Crippen molar-refractivity contribution in [3.05, 3.63) is 47.3 Å². The summed E-state index contributed by atoms with van der Waals surface area (Å²) in [6.07, 6.45) is 2.40. The molecule has 1 amide bonds. The Morgan fingerprint density at radius 1 is 1.27 bits per heavy atom. The van der Waals surface area contributed by atoms with Gasteiger partial charge in [-0.25, -0.2) is 27.2 Å². The predicted molar refractivity (Wildman–Crippen MR) is 96.2 cm³/mol. The van der Waals surface area contributed by atoms with Gasteiger partial charge in [0.2, 0.25) is 11.7 Å². The molecule has 0 unspecified atom stereocenters. The zero-order valence-electron chi connectivity index (χ0n) is 16.0. The van der Waals surface area contributed by atoms with E-state index in [-0.39, 0.29) is 37.5 Å². The maximum Gasteiger partial charge on any atom is 0.249 e. The molecule has 7 nitrogen and oxygen atoms in total. The minimum absolute atomic E-state index is 0.0939. The van der Waals surface area contributed by atoms with Crippen molar-refractivity contribution in [2.45, 2.75) is 43.6 Å². The van der Waals surface area contributed by atoms with Crippen LogP contribution in [0.1, 0.15) is 36.7 Å². The van der Waals surface area contributed by atoms with E-state index in [9.17, 15) is 22.4 Å². The van der Waals surface area contributed by atoms with Gasteiger partial charge in [-0.3, -0.25) is 4.79 Å². The van der Waals surface area contributed by atoms with E-state index in [1.165, 1.54) is 6.33 Å². The van der Waals surface area contributed by atoms with Gasteiger partial charge >= 0.3 is 0 Å². The summed E-state index contributed by atoms with van der Waals surface area (Å²) in [5, 5.41) is 4.19. The molecule has 0 saturated carbocycles. The van der Waals surface area contributed by atoms with Crippen LogP contribution in [-0.4, -0.2) is 51.4 Å². The molecule has 0 spiro atoms. The largest absolute Gasteiger partial charge is 0.370 e. The Morgan fingerprint density at radius 2 is 2.00 bits per heavy atom. The monoisotopic (exact) mass is 427 g/mol. The molecule has 1 aromatic carbocycles. The highest BCUT2D eigenvalue weighted by Crippen LogP contribution is 2.32. The number of carbonyl (C=O) groups is 1. The zero-order chi connectivity index (χ0) is 21.5. The van der Waals surface area contributed by atoms with E-state index < -0.39 is 35.3 Å². The number of carbonyl (C=O) groups excluding carboxylic acids is 1. The Labute approximate surface area is 169 Å². The second kappa shape index (κ2) is 7.95. The fraction of sp³-hybridized carbons (Fsp3) is 0.526. The lowest BCUT2D eigenvalue weighted by atomic mass is 10.0. The topological polar surface area (TPSA) is 86.3 Å². The van der Waals surface area contributed by atoms with Crippen molar-refractivity contribution in [2.75, 3.05) is 19.8 Å². The summed E-state index contributed by atoms with van der Waals surface area (Å²) < 4.78 is 60.7. The molecule has 30 heavy (non-hydrogen) atoms. The van der Waals surface area contributed by atoms with Gasteiger partial charge in [0, 0.05) is 25.1 Å². The number of alkyl halides is 1. The standard InChI is InChI=1S/C19H21F4N5O2/c20-13-7-15(22)14(21)5-11(13)4-12(24)6-17(29)27-3-1-2-16(27)18-25-10-28(26-18)19(23)8-30-9-19/h5,7,10,12,16H,1-4,6,8-9,24H2/t12-,16+/m1/s1. The summed E-state index contributed by atoms with van der Waals surface area (Å²) >= 11 is 0. The number of nitrogens with two attached hydrogens (primary N) is 1. The molecular weight excluding hydrogens is 406 g/mol. The first-order valence-corrected chi connectivity index (χ1v) is 9.64. The SMILES string of the molecule is N[C@@H](CC(=O)N1CCC[C@H]1c1ncn(C2(F)COC2)n1)Cc1cc(F)c(F)cc1F. The van der Waals surface area contributed by atoms with Gasteiger partial charge in [-0.2, -0.15) is 5.10 Å². The van der Waals surface area contributed by atoms with Crippen LogP contribution in [-0.2, 0) is 21.7 Å². The van der Waals surface area contributed by atoms with Crippen molar-refractivity contribution in [3.63, 3.8) is 0 Å². The van der Waals surface area contributed by atoms with Gasteiger partial charge in [-0.1, -0.05) is 0 Å². The third-order valence-corrected chi connectivity index (χ3v) is 5.45. The molecule has 3 heterocycles. The van der Waals surface area contributed by atoms with E-state index in [0.29, 0.717) is 24.9 Å². The van der Waals surface area contributed by atoms with Crippen molar-refractivity contribution in [1.29, 1.82) is 0 Å². The molecule has 2 fully saturated rings. The summed E-state index contributed by atoms with van der Waals surface area (Å²) in [6, 6.07) is 0.0179. The molecule has 2 aliphatic rings. The van der Waals surface area contributed by atoms with Gasteiger partial charge in [-0.05, 0) is 30.9 Å². The van der Waals surface area contributed by atoms with Crippen LogP contribution in [0, 0.1) is 17.5 Å². The van der Waals surface area contributed by atoms with Gasteiger partial charge < -0.3 is 15.4 Å². The summed E-state index contributed by atoms with van der Waals surface area (Å²) in [6.45, 7) is 0.269. The quantitative estimate of drug-likeness (QED) is 0.563. The Morgan fingerprint density at radius 3 is 2.70 bits per heavy atom. The lowest BCUT2D eigenvalue weighted by Crippen LogP contribution is -2.48. The van der Waals surface area contributed by atoms with E-state index in [0.717, 1.165) is 17.2 Å². The van der Waals surface area contributed by atoms with Gasteiger partial charge in [-0.15, -0.1) is 0 Å². The highest BCUT2D eigenvalue weighted by atomic mass is 19.2. The molecule has 2 aliphatic heterocycles. The van der Waals surface area contributed by atoms with Crippen molar-refractivity contribution in [3.8, 4) is 0 Å². The second-order valence-electron chi connectivity index (χ2n) is 7.73. The lowest BCUT2D eigenvalue weighted by molar-refractivity contribution is -0.186. The van der Waals surface area contributed by atoms with Crippen LogP contribution in [0.4, 0.5) is 17.6 Å². The molecule has 0 radical (unpaired) electrons. The average Bonchev–Trinajstić information content (AvgIpc) is 3.33. The normalized spacial score (nSPS) is 21.5. The van der Waals surface area contributed by atoms with Gasteiger partial charge in [0.1, 0.15) is 25.4 Å². The predicted octanol–water partition coefficient (Wildman–Crippen LogP) is 1.97. The van der Waals surface area contributed by atoms with Crippen molar-refractivity contribution in [1.82, 2.24) is 19.7 Å². The molecule has 0 aliphatic carbocycles. The minimum atomic E-state index is -1.71. The smallest absolute Gasteiger partial charge is 0.249 e. The highest BCUT2D eigenvalue weighted by molar-refractivity contribution is 5.77. The van der Waals surface area contributed by atoms with Crippen LogP contribution in [0.5, 0.6) is 0 Å². The maximum absolute atomic E-state index is 14.4. The Kier molecular flexibility index (Phi) is 5.49. The molecule has 2 aromatic rings. The van der Waals surface area contributed by atoms with Crippen LogP contribution in [0.3, 0.4) is 0 Å². The number of likely N-dealkylation sites (tertiary alicyclic amines) is 1. The molecule has 0 bridgehead atoms. The molecule has 1 aromatic heterocycles. The fourth-order valence-electron chi connectivity index (χ4n) is 3.77. The van der Waals surface area contributed by atoms with Gasteiger partial charge in [0.25, 0.3) is 0 Å². The molecule has 2 atom stereocenters. The van der Waals surface area contributed by atoms with Crippen molar-refractivity contribution < 1.29 is 27.1 Å². The lowest BCUT2D eigenvalue weighted by Gasteiger charge is -2.33. The third-order valence-electron chi connectivity index (χ3n) is 5.45. The Hall–Kier alpha value is -2.53. The fourth-order valence-corrected chi connectivity index (χ4v) is 3.77. The van der Waals surface area contributed by atoms with Gasteiger partial charge in [0.05, 0.1) is 6.04 Å². The molecule has 162 valence electrons. The van der Waals surface area contributed by atoms with Crippen molar-refractivity contribution >= 4 is 5.91 Å². The number of hydrogen-bond donors (Lipinski definition) is 1. The maximum atomic E-state index is 14.4. The Bertz CT molecular complexity index is 949. The van der Waals surface area contributed by atoms with Crippen LogP contribution >= 0.6 is 0 Å². The molecule has 4 rings (SSSR count). The number of halogens is 4. The van der Waals surface area contributed by atoms with E-state index >= 15 is 0 Å². The van der Waals surface area contributed by atoms with Gasteiger partial charge in [0.15, 0.2) is 17.5 Å². The number of amides is 1. The van der Waals surface area contributed by atoms with Crippen LogP contribution < -0.4 is 5.73 Å². The summed E-state index contributed by atoms with van der Waals surface area (Å²) in [5.74, 6) is -5.03. The number of hydrogen-bond acceptors (Lipinski definition) is 5. The van der Waals surface area contributed by atoms with Crippen LogP contribution in [0.2, 0.25) is 0 Å². The Balaban J connectivity index is 1.41. The number of aromatic nitrogens is 3. The van der Waals surface area contributed by atoms with E-state index in [1.54, 1.807) is 4.90 Å². The molecule has 11 heteroatoms. The van der Waals surface area contributed by atoms with E-state index in [2.05, 4.69) is 10.1 Å². The first kappa shape index (κ1) is 20.7. The number of nitrogens with zero attached hydrogens (tertiary/aromatic N) is 4. The number of rotatable bonds is 6. The van der Waals surface area contributed by atoms with Crippen LogP contribution in [0.15, 0.2) is 18.5 Å². The first-order valence-electron chi connectivity index (χ1n) is 9.64. The van der Waals surface area contributed by atoms with E-state index in [4.69, 9.17) is 10.5 Å². The average molecular weight is 427 g/mol. The summed E-state index contributed by atoms with van der Waals surface area (Å²) in [7, 11) is 0. The second-order valence-corrected chi connectivity index (χ2v) is 7.73. The summed E-state index contributed by atoms with van der Waals surface area (Å²) in [4.78, 5) is 18.5. The zero-order valence-corrected chi connectivity index (χ0v) is 16.0. The van der Waals surface area contributed by atoms with Crippen LogP contribution in [0.25, 0.3) is 0 Å². The van der Waals surface area contributed by atoms with E-state index in [1.807, 2.05) is 0 Å². The van der Waals surface area contributed by atoms with Crippen molar-refractivity contribution in [2.24, 2.45) is 5.73 Å². The first-order chi connectivity index (χ1) is 14.3. The molecule has 2 N–H and O–H groups in total. The number of ether oxygens (including phenoxy) is 1. The summed E-state index contributed by atoms with van der Waals surface area (Å²) in [5.41, 5.74) is 5.88. The third kappa shape index (κ3) is 3.91. The molecule has 2 saturated heterocycles. The highest BCUT2D eigenvalue weighted by Gasteiger charge is 2.43. The minimum Gasteiger partial charge on any atom is -0.370 e. The number of benzene rings is 1.